The highest BCUT2D eigenvalue weighted by Gasteiger charge is 2.11. The highest BCUT2D eigenvalue weighted by atomic mass is 15.3. The highest BCUT2D eigenvalue weighted by Crippen LogP contribution is 2.29. The zero-order valence-electron chi connectivity index (χ0n) is 12.2. The lowest BCUT2D eigenvalue weighted by atomic mass is 10.0. The summed E-state index contributed by atoms with van der Waals surface area (Å²) in [6.07, 6.45) is 6.67. The molecule has 2 heterocycles. The third-order valence-corrected chi connectivity index (χ3v) is 3.59. The predicted octanol–water partition coefficient (Wildman–Crippen LogP) is 3.39. The van der Waals surface area contributed by atoms with E-state index >= 15 is 0 Å². The molecule has 0 atom stereocenters. The number of rotatable bonds is 3. The molecule has 0 fully saturated rings. The Morgan fingerprint density at radius 1 is 0.783 bits per heavy atom. The molecule has 4 aromatic rings. The van der Waals surface area contributed by atoms with Crippen molar-refractivity contribution in [2.24, 2.45) is 0 Å². The van der Waals surface area contributed by atoms with E-state index in [0.717, 1.165) is 22.4 Å². The molecule has 0 spiro atoms. The van der Waals surface area contributed by atoms with Gasteiger partial charge in [0.25, 0.3) is 0 Å². The Bertz CT molecular complexity index is 903. The minimum absolute atomic E-state index is 0.630. The topological polar surface area (TPSA) is 56.5 Å². The Balaban J connectivity index is 1.91. The summed E-state index contributed by atoms with van der Waals surface area (Å²) in [5.41, 5.74) is 4.12. The Hall–Kier alpha value is -3.34. The molecule has 5 nitrogen and oxygen atoms in total. The molecule has 2 aromatic carbocycles. The SMILES string of the molecule is c1ccc(-c2ccc(-c3ncncn3)c(-n3cccn3)c2)cc1. The van der Waals surface area contributed by atoms with Gasteiger partial charge in [0.15, 0.2) is 5.82 Å². The van der Waals surface area contributed by atoms with Gasteiger partial charge in [-0.15, -0.1) is 0 Å². The molecule has 0 amide bonds. The van der Waals surface area contributed by atoms with Crippen LogP contribution in [-0.2, 0) is 0 Å². The van der Waals surface area contributed by atoms with Gasteiger partial charge in [0.2, 0.25) is 0 Å². The van der Waals surface area contributed by atoms with Crippen LogP contribution in [0.25, 0.3) is 28.2 Å². The maximum absolute atomic E-state index is 4.35. The van der Waals surface area contributed by atoms with Crippen molar-refractivity contribution in [1.29, 1.82) is 0 Å². The average molecular weight is 299 g/mol. The van der Waals surface area contributed by atoms with Crippen molar-refractivity contribution in [1.82, 2.24) is 24.7 Å². The maximum Gasteiger partial charge on any atom is 0.164 e. The van der Waals surface area contributed by atoms with Crippen LogP contribution in [0.2, 0.25) is 0 Å². The van der Waals surface area contributed by atoms with E-state index in [1.54, 1.807) is 6.20 Å². The fraction of sp³-hybridized carbons (Fsp3) is 0. The molecule has 0 saturated carbocycles. The third-order valence-electron chi connectivity index (χ3n) is 3.59. The molecule has 0 N–H and O–H groups in total. The van der Waals surface area contributed by atoms with Crippen molar-refractivity contribution < 1.29 is 0 Å². The lowest BCUT2D eigenvalue weighted by Crippen LogP contribution is -2.00. The molecule has 2 aromatic heterocycles. The second-order valence-corrected chi connectivity index (χ2v) is 5.01. The van der Waals surface area contributed by atoms with Crippen molar-refractivity contribution in [2.45, 2.75) is 0 Å². The Labute approximate surface area is 133 Å². The number of hydrogen-bond donors (Lipinski definition) is 0. The van der Waals surface area contributed by atoms with Crippen molar-refractivity contribution in [3.63, 3.8) is 0 Å². The summed E-state index contributed by atoms with van der Waals surface area (Å²) in [7, 11) is 0. The number of aromatic nitrogens is 5. The number of hydrogen-bond acceptors (Lipinski definition) is 4. The standard InChI is InChI=1S/C18H13N5/c1-2-5-14(6-3-1)15-7-8-16(18-20-12-19-13-21-18)17(11-15)23-10-4-9-22-23/h1-13H. The summed E-state index contributed by atoms with van der Waals surface area (Å²) in [4.78, 5) is 12.4. The summed E-state index contributed by atoms with van der Waals surface area (Å²) in [5.74, 6) is 0.630. The van der Waals surface area contributed by atoms with E-state index < -0.39 is 0 Å². The monoisotopic (exact) mass is 299 g/mol. The van der Waals surface area contributed by atoms with Crippen LogP contribution in [0.5, 0.6) is 0 Å². The largest absolute Gasteiger partial charge is 0.240 e. The zero-order valence-corrected chi connectivity index (χ0v) is 12.2. The van der Waals surface area contributed by atoms with Gasteiger partial charge in [-0.05, 0) is 29.3 Å². The molecule has 110 valence electrons. The first-order valence-electron chi connectivity index (χ1n) is 7.24. The maximum atomic E-state index is 4.35. The molecule has 0 radical (unpaired) electrons. The third kappa shape index (κ3) is 2.60. The van der Waals surface area contributed by atoms with E-state index in [9.17, 15) is 0 Å². The average Bonchev–Trinajstić information content (AvgIpc) is 3.17. The fourth-order valence-corrected chi connectivity index (χ4v) is 2.51. The van der Waals surface area contributed by atoms with Gasteiger partial charge in [-0.1, -0.05) is 36.4 Å². The van der Waals surface area contributed by atoms with Crippen molar-refractivity contribution in [3.8, 4) is 28.2 Å². The van der Waals surface area contributed by atoms with Gasteiger partial charge in [0, 0.05) is 18.0 Å². The lowest BCUT2D eigenvalue weighted by molar-refractivity contribution is 0.879. The number of nitrogens with zero attached hydrogens (tertiary/aromatic N) is 5. The van der Waals surface area contributed by atoms with Gasteiger partial charge < -0.3 is 0 Å². The van der Waals surface area contributed by atoms with Gasteiger partial charge in [-0.25, -0.2) is 19.6 Å². The molecular formula is C18H13N5. The van der Waals surface area contributed by atoms with Crippen molar-refractivity contribution in [3.05, 3.63) is 79.6 Å². The van der Waals surface area contributed by atoms with Gasteiger partial charge in [-0.3, -0.25) is 0 Å². The summed E-state index contributed by atoms with van der Waals surface area (Å²) in [6, 6.07) is 18.3. The fourth-order valence-electron chi connectivity index (χ4n) is 2.51. The molecule has 0 aliphatic rings. The van der Waals surface area contributed by atoms with Crippen LogP contribution in [0.4, 0.5) is 0 Å². The minimum atomic E-state index is 0.630. The first kappa shape index (κ1) is 13.3. The molecule has 5 heteroatoms. The molecular weight excluding hydrogens is 286 g/mol. The van der Waals surface area contributed by atoms with Gasteiger partial charge in [0.1, 0.15) is 12.7 Å². The minimum Gasteiger partial charge on any atom is -0.240 e. The van der Waals surface area contributed by atoms with Crippen molar-refractivity contribution in [2.75, 3.05) is 0 Å². The molecule has 4 rings (SSSR count). The summed E-state index contributed by atoms with van der Waals surface area (Å²) in [6.45, 7) is 0. The summed E-state index contributed by atoms with van der Waals surface area (Å²) in [5, 5.41) is 4.35. The van der Waals surface area contributed by atoms with E-state index in [2.05, 4.69) is 44.3 Å². The second kappa shape index (κ2) is 5.81. The molecule has 0 aliphatic carbocycles. The van der Waals surface area contributed by atoms with E-state index in [1.165, 1.54) is 12.7 Å². The van der Waals surface area contributed by atoms with E-state index in [-0.39, 0.29) is 0 Å². The molecule has 0 unspecified atom stereocenters. The van der Waals surface area contributed by atoms with Crippen molar-refractivity contribution >= 4 is 0 Å². The zero-order chi connectivity index (χ0) is 15.5. The smallest absolute Gasteiger partial charge is 0.164 e. The Morgan fingerprint density at radius 2 is 1.61 bits per heavy atom. The van der Waals surface area contributed by atoms with Crippen LogP contribution in [0.1, 0.15) is 0 Å². The highest BCUT2D eigenvalue weighted by molar-refractivity contribution is 5.75. The molecule has 0 saturated heterocycles. The van der Waals surface area contributed by atoms with Crippen LogP contribution in [0, 0.1) is 0 Å². The van der Waals surface area contributed by atoms with E-state index in [0.29, 0.717) is 5.82 Å². The first-order valence-corrected chi connectivity index (χ1v) is 7.24. The second-order valence-electron chi connectivity index (χ2n) is 5.01. The van der Waals surface area contributed by atoms with E-state index in [4.69, 9.17) is 0 Å². The summed E-state index contributed by atoms with van der Waals surface area (Å²) >= 11 is 0. The van der Waals surface area contributed by atoms with Gasteiger partial charge in [0.05, 0.1) is 5.69 Å². The number of benzene rings is 2. The van der Waals surface area contributed by atoms with Crippen LogP contribution < -0.4 is 0 Å². The molecule has 23 heavy (non-hydrogen) atoms. The van der Waals surface area contributed by atoms with Gasteiger partial charge in [-0.2, -0.15) is 5.10 Å². The predicted molar refractivity (Wildman–Crippen MR) is 87.8 cm³/mol. The molecule has 0 aliphatic heterocycles. The van der Waals surface area contributed by atoms with Crippen LogP contribution in [0.3, 0.4) is 0 Å². The van der Waals surface area contributed by atoms with Crippen LogP contribution in [-0.4, -0.2) is 24.7 Å². The summed E-state index contributed by atoms with van der Waals surface area (Å²) < 4.78 is 1.82. The Kier molecular flexibility index (Phi) is 3.37. The van der Waals surface area contributed by atoms with Crippen LogP contribution >= 0.6 is 0 Å². The van der Waals surface area contributed by atoms with Gasteiger partial charge >= 0.3 is 0 Å². The lowest BCUT2D eigenvalue weighted by Gasteiger charge is -2.11. The Morgan fingerprint density at radius 3 is 2.35 bits per heavy atom. The normalized spacial score (nSPS) is 10.6. The quantitative estimate of drug-likeness (QED) is 0.582. The van der Waals surface area contributed by atoms with E-state index in [1.807, 2.05) is 41.2 Å². The first-order chi connectivity index (χ1) is 11.4. The van der Waals surface area contributed by atoms with Crippen LogP contribution in [0.15, 0.2) is 79.6 Å². The molecule has 0 bridgehead atoms.